The third kappa shape index (κ3) is 6.68. The number of aliphatic hydroxyl groups is 1. The van der Waals surface area contributed by atoms with Crippen LogP contribution >= 0.6 is 27.5 Å². The maximum Gasteiger partial charge on any atom is 0.336 e. The number of hydrogen-bond donors (Lipinski definition) is 2. The fourth-order valence-electron chi connectivity index (χ4n) is 1.82. The molecule has 0 bridgehead atoms. The highest BCUT2D eigenvalue weighted by Gasteiger charge is 2.33. The van der Waals surface area contributed by atoms with Crippen molar-refractivity contribution < 1.29 is 19.7 Å². The molecule has 6 heteroatoms. The second kappa shape index (κ2) is 9.28. The molecule has 21 heavy (non-hydrogen) atoms. The Kier molecular flexibility index (Phi) is 8.07. The van der Waals surface area contributed by atoms with E-state index >= 15 is 0 Å². The Hall–Kier alpha value is -0.780. The Labute approximate surface area is 138 Å². The van der Waals surface area contributed by atoms with E-state index < -0.39 is 11.6 Å². The minimum atomic E-state index is -1.65. The van der Waals surface area contributed by atoms with Crippen molar-refractivity contribution in [3.63, 3.8) is 0 Å². The van der Waals surface area contributed by atoms with Crippen LogP contribution in [-0.2, 0) is 4.79 Å². The summed E-state index contributed by atoms with van der Waals surface area (Å²) in [5, 5.41) is 19.4. The van der Waals surface area contributed by atoms with Gasteiger partial charge in [0.15, 0.2) is 5.60 Å². The minimum Gasteiger partial charge on any atom is -0.494 e. The molecule has 1 aromatic rings. The number of carbonyl (C=O) groups is 1. The van der Waals surface area contributed by atoms with Crippen molar-refractivity contribution in [2.24, 2.45) is 0 Å². The fraction of sp³-hybridized carbons (Fsp3) is 0.533. The molecule has 0 aliphatic heterocycles. The van der Waals surface area contributed by atoms with Gasteiger partial charge in [-0.15, -0.1) is 0 Å². The summed E-state index contributed by atoms with van der Waals surface area (Å²) in [6.07, 6.45) is 3.63. The van der Waals surface area contributed by atoms with Crippen LogP contribution in [-0.4, -0.2) is 33.7 Å². The number of alkyl halides is 1. The van der Waals surface area contributed by atoms with Gasteiger partial charge in [0.2, 0.25) is 0 Å². The van der Waals surface area contributed by atoms with Gasteiger partial charge in [0.25, 0.3) is 0 Å². The zero-order chi connectivity index (χ0) is 15.7. The van der Waals surface area contributed by atoms with E-state index in [1.807, 2.05) is 12.1 Å². The normalized spacial score (nSPS) is 13.7. The summed E-state index contributed by atoms with van der Waals surface area (Å²) in [5.74, 6) is -0.385. The van der Waals surface area contributed by atoms with E-state index in [0.29, 0.717) is 18.1 Å². The van der Waals surface area contributed by atoms with Crippen LogP contribution in [0.15, 0.2) is 24.3 Å². The predicted octanol–water partition coefficient (Wildman–Crippen LogP) is 3.88. The largest absolute Gasteiger partial charge is 0.494 e. The second-order valence-electron chi connectivity index (χ2n) is 4.94. The topological polar surface area (TPSA) is 66.8 Å². The molecular formula is C15H20BrClO4. The number of ether oxygens (including phenoxy) is 1. The summed E-state index contributed by atoms with van der Waals surface area (Å²) < 4.78 is 5.56. The first-order valence-electron chi connectivity index (χ1n) is 6.88. The minimum absolute atomic E-state index is 0.0506. The maximum absolute atomic E-state index is 10.9. The number of aliphatic carboxylic acids is 1. The van der Waals surface area contributed by atoms with Crippen molar-refractivity contribution in [2.75, 3.05) is 11.9 Å². The number of halogens is 2. The van der Waals surface area contributed by atoms with Crippen LogP contribution < -0.4 is 4.74 Å². The molecule has 0 radical (unpaired) electrons. The van der Waals surface area contributed by atoms with E-state index in [0.717, 1.165) is 25.0 Å². The standard InChI is InChI=1S/C15H20BrClO4/c16-11-15(20,14(18)19)9-3-1-2-4-10-21-13-7-5-12(17)6-8-13/h5-8,20H,1-4,9-11H2,(H,18,19)/t15-/m0/s1. The number of benzene rings is 1. The number of carboxylic acids is 1. The van der Waals surface area contributed by atoms with Crippen molar-refractivity contribution >= 4 is 33.5 Å². The highest BCUT2D eigenvalue weighted by Crippen LogP contribution is 2.19. The molecular weight excluding hydrogens is 360 g/mol. The van der Waals surface area contributed by atoms with Gasteiger partial charge in [-0.3, -0.25) is 0 Å². The average Bonchev–Trinajstić information content (AvgIpc) is 2.47. The number of carboxylic acid groups (broad SMARTS) is 1. The first-order chi connectivity index (χ1) is 9.98. The Bertz CT molecular complexity index is 438. The van der Waals surface area contributed by atoms with E-state index in [9.17, 15) is 9.90 Å². The fourth-order valence-corrected chi connectivity index (χ4v) is 2.47. The first-order valence-corrected chi connectivity index (χ1v) is 8.38. The molecule has 0 spiro atoms. The summed E-state index contributed by atoms with van der Waals surface area (Å²) >= 11 is 8.82. The molecule has 0 saturated carbocycles. The molecule has 0 aliphatic rings. The van der Waals surface area contributed by atoms with Gasteiger partial charge in [-0.2, -0.15) is 0 Å². The number of unbranched alkanes of at least 4 members (excludes halogenated alkanes) is 3. The van der Waals surface area contributed by atoms with Crippen molar-refractivity contribution in [3.05, 3.63) is 29.3 Å². The van der Waals surface area contributed by atoms with E-state index in [-0.39, 0.29) is 11.8 Å². The van der Waals surface area contributed by atoms with E-state index in [2.05, 4.69) is 15.9 Å². The molecule has 4 nitrogen and oxygen atoms in total. The van der Waals surface area contributed by atoms with Gasteiger partial charge in [-0.05, 0) is 43.5 Å². The molecule has 2 N–H and O–H groups in total. The van der Waals surface area contributed by atoms with Gasteiger partial charge in [0, 0.05) is 10.4 Å². The lowest BCUT2D eigenvalue weighted by Gasteiger charge is -2.20. The lowest BCUT2D eigenvalue weighted by molar-refractivity contribution is -0.156. The van der Waals surface area contributed by atoms with Crippen LogP contribution in [0.4, 0.5) is 0 Å². The summed E-state index contributed by atoms with van der Waals surface area (Å²) in [4.78, 5) is 10.9. The third-order valence-corrected chi connectivity index (χ3v) is 4.37. The molecule has 1 atom stereocenters. The Balaban J connectivity index is 2.09. The average molecular weight is 380 g/mol. The van der Waals surface area contributed by atoms with E-state index in [1.165, 1.54) is 0 Å². The van der Waals surface area contributed by atoms with Gasteiger partial charge < -0.3 is 14.9 Å². The summed E-state index contributed by atoms with van der Waals surface area (Å²) in [6, 6.07) is 7.21. The van der Waals surface area contributed by atoms with Gasteiger partial charge in [-0.1, -0.05) is 40.4 Å². The van der Waals surface area contributed by atoms with Crippen LogP contribution in [0, 0.1) is 0 Å². The lowest BCUT2D eigenvalue weighted by Crippen LogP contribution is -2.40. The first kappa shape index (κ1) is 18.3. The van der Waals surface area contributed by atoms with Crippen molar-refractivity contribution in [3.8, 4) is 5.75 Å². The van der Waals surface area contributed by atoms with Gasteiger partial charge >= 0.3 is 5.97 Å². The smallest absolute Gasteiger partial charge is 0.336 e. The van der Waals surface area contributed by atoms with Crippen molar-refractivity contribution in [2.45, 2.75) is 37.7 Å². The molecule has 0 saturated heterocycles. The molecule has 0 aliphatic carbocycles. The van der Waals surface area contributed by atoms with Gasteiger partial charge in [0.1, 0.15) is 5.75 Å². The number of rotatable bonds is 10. The molecule has 0 unspecified atom stereocenters. The molecule has 0 amide bonds. The van der Waals surface area contributed by atoms with Crippen molar-refractivity contribution in [1.82, 2.24) is 0 Å². The van der Waals surface area contributed by atoms with Crippen molar-refractivity contribution in [1.29, 1.82) is 0 Å². The molecule has 0 aromatic heterocycles. The molecule has 1 aromatic carbocycles. The Morgan fingerprint density at radius 2 is 1.81 bits per heavy atom. The second-order valence-corrected chi connectivity index (χ2v) is 5.93. The van der Waals surface area contributed by atoms with E-state index in [4.69, 9.17) is 21.4 Å². The van der Waals surface area contributed by atoms with Crippen LogP contribution in [0.1, 0.15) is 32.1 Å². The molecule has 118 valence electrons. The summed E-state index contributed by atoms with van der Waals surface area (Å²) in [7, 11) is 0. The zero-order valence-electron chi connectivity index (χ0n) is 11.7. The quantitative estimate of drug-likeness (QED) is 0.478. The lowest BCUT2D eigenvalue weighted by atomic mass is 9.98. The summed E-state index contributed by atoms with van der Waals surface area (Å²) in [6.45, 7) is 0.614. The molecule has 1 rings (SSSR count). The third-order valence-electron chi connectivity index (χ3n) is 3.19. The maximum atomic E-state index is 10.9. The molecule has 0 heterocycles. The van der Waals surface area contributed by atoms with E-state index in [1.54, 1.807) is 12.1 Å². The van der Waals surface area contributed by atoms with Crippen LogP contribution in [0.3, 0.4) is 0 Å². The number of hydrogen-bond acceptors (Lipinski definition) is 3. The van der Waals surface area contributed by atoms with Gasteiger partial charge in [0.05, 0.1) is 6.61 Å². The Morgan fingerprint density at radius 3 is 2.38 bits per heavy atom. The highest BCUT2D eigenvalue weighted by molar-refractivity contribution is 9.09. The van der Waals surface area contributed by atoms with Crippen LogP contribution in [0.2, 0.25) is 5.02 Å². The highest BCUT2D eigenvalue weighted by atomic mass is 79.9. The SMILES string of the molecule is O=C(O)[C@@](O)(CBr)CCCCCCOc1ccc(Cl)cc1. The monoisotopic (exact) mass is 378 g/mol. The van der Waals surface area contributed by atoms with Crippen LogP contribution in [0.25, 0.3) is 0 Å². The van der Waals surface area contributed by atoms with Crippen LogP contribution in [0.5, 0.6) is 5.75 Å². The van der Waals surface area contributed by atoms with Gasteiger partial charge in [-0.25, -0.2) is 4.79 Å². The molecule has 0 fully saturated rings. The predicted molar refractivity (Wildman–Crippen MR) is 86.4 cm³/mol. The Morgan fingerprint density at radius 1 is 1.19 bits per heavy atom. The zero-order valence-corrected chi connectivity index (χ0v) is 14.1. The summed E-state index contributed by atoms with van der Waals surface area (Å²) in [5.41, 5.74) is -1.65.